The molecule has 1 aliphatic carbocycles. The minimum Gasteiger partial charge on any atom is -0.305 e. The lowest BCUT2D eigenvalue weighted by molar-refractivity contribution is 0.0987. The predicted octanol–water partition coefficient (Wildman–Crippen LogP) is 3.77. The van der Waals surface area contributed by atoms with Crippen molar-refractivity contribution in [3.05, 3.63) is 95.3 Å². The zero-order valence-corrected chi connectivity index (χ0v) is 15.7. The number of pyridine rings is 1. The lowest BCUT2D eigenvalue weighted by Crippen LogP contribution is -2.37. The van der Waals surface area contributed by atoms with Crippen LogP contribution < -0.4 is 16.2 Å². The van der Waals surface area contributed by atoms with Gasteiger partial charge in [0.25, 0.3) is 5.91 Å². The lowest BCUT2D eigenvalue weighted by atomic mass is 9.92. The van der Waals surface area contributed by atoms with Crippen molar-refractivity contribution in [2.24, 2.45) is 5.84 Å². The van der Waals surface area contributed by atoms with Crippen molar-refractivity contribution in [2.45, 2.75) is 31.8 Å². The Bertz CT molecular complexity index is 940. The summed E-state index contributed by atoms with van der Waals surface area (Å²) < 4.78 is 0. The molecule has 142 valence electrons. The van der Waals surface area contributed by atoms with E-state index >= 15 is 0 Å². The molecule has 3 N–H and O–H groups in total. The number of amides is 1. The second kappa shape index (κ2) is 8.33. The fraction of sp³-hybridized carbons (Fsp3) is 0.217. The van der Waals surface area contributed by atoms with E-state index in [0.29, 0.717) is 11.3 Å². The summed E-state index contributed by atoms with van der Waals surface area (Å²) in [6.45, 7) is 0.736. The number of aryl methyl sites for hydroxylation is 1. The Hall–Kier alpha value is -3.02. The largest absolute Gasteiger partial charge is 0.305 e. The van der Waals surface area contributed by atoms with Gasteiger partial charge in [-0.1, -0.05) is 36.4 Å². The quantitative estimate of drug-likeness (QED) is 0.406. The van der Waals surface area contributed by atoms with Gasteiger partial charge in [-0.05, 0) is 60.7 Å². The lowest BCUT2D eigenvalue weighted by Gasteiger charge is -2.25. The molecule has 0 radical (unpaired) electrons. The van der Waals surface area contributed by atoms with E-state index in [1.807, 2.05) is 66.9 Å². The number of fused-ring (bicyclic) bond motifs is 1. The van der Waals surface area contributed by atoms with Crippen LogP contribution in [-0.4, -0.2) is 10.9 Å². The van der Waals surface area contributed by atoms with Crippen LogP contribution in [0.15, 0.2) is 72.9 Å². The first-order valence-corrected chi connectivity index (χ1v) is 9.62. The number of carbonyl (C=O) groups is 1. The van der Waals surface area contributed by atoms with Crippen molar-refractivity contribution in [3.8, 4) is 0 Å². The molecule has 0 fully saturated rings. The van der Waals surface area contributed by atoms with Crippen molar-refractivity contribution in [2.75, 3.05) is 5.01 Å². The molecule has 0 spiro atoms. The highest BCUT2D eigenvalue weighted by Gasteiger charge is 2.20. The maximum Gasteiger partial charge on any atom is 0.272 e. The van der Waals surface area contributed by atoms with Crippen molar-refractivity contribution in [3.63, 3.8) is 0 Å². The molecule has 0 saturated carbocycles. The number of aromatic nitrogens is 1. The standard InChI is InChI=1S/C23H24N4O/c24-27(20-8-2-1-3-9-20)23(28)19-13-11-17(12-14-19)16-26-21-10-4-6-18-7-5-15-25-22(18)21/h1-3,5,7-9,11-15,21,26H,4,6,10,16,24H2. The zero-order valence-electron chi connectivity index (χ0n) is 15.7. The number of hydrogen-bond donors (Lipinski definition) is 2. The van der Waals surface area contributed by atoms with E-state index in [0.717, 1.165) is 24.9 Å². The summed E-state index contributed by atoms with van der Waals surface area (Å²) >= 11 is 0. The number of anilines is 1. The van der Waals surface area contributed by atoms with Crippen LogP contribution in [0.25, 0.3) is 0 Å². The molecule has 1 aliphatic rings. The topological polar surface area (TPSA) is 71.2 Å². The first-order valence-electron chi connectivity index (χ1n) is 9.62. The minimum atomic E-state index is -0.226. The molecular weight excluding hydrogens is 348 g/mol. The molecule has 1 unspecified atom stereocenters. The molecule has 0 bridgehead atoms. The smallest absolute Gasteiger partial charge is 0.272 e. The van der Waals surface area contributed by atoms with Gasteiger partial charge in [-0.3, -0.25) is 9.78 Å². The normalized spacial score (nSPS) is 15.7. The first-order chi connectivity index (χ1) is 13.7. The van der Waals surface area contributed by atoms with Crippen LogP contribution in [0.4, 0.5) is 5.69 Å². The van der Waals surface area contributed by atoms with Crippen LogP contribution >= 0.6 is 0 Å². The van der Waals surface area contributed by atoms with E-state index in [9.17, 15) is 4.79 Å². The van der Waals surface area contributed by atoms with Crippen LogP contribution in [0.5, 0.6) is 0 Å². The number of nitrogens with one attached hydrogen (secondary N) is 1. The molecule has 28 heavy (non-hydrogen) atoms. The van der Waals surface area contributed by atoms with Crippen LogP contribution in [-0.2, 0) is 13.0 Å². The number of nitrogens with two attached hydrogens (primary N) is 1. The van der Waals surface area contributed by atoms with Crippen LogP contribution in [0.3, 0.4) is 0 Å². The van der Waals surface area contributed by atoms with Crippen LogP contribution in [0.2, 0.25) is 0 Å². The molecule has 1 atom stereocenters. The van der Waals surface area contributed by atoms with E-state index in [1.54, 1.807) is 0 Å². The van der Waals surface area contributed by atoms with Gasteiger partial charge in [-0.15, -0.1) is 0 Å². The molecule has 0 saturated heterocycles. The maximum atomic E-state index is 12.6. The van der Waals surface area contributed by atoms with E-state index in [-0.39, 0.29) is 11.9 Å². The third-order valence-electron chi connectivity index (χ3n) is 5.20. The van der Waals surface area contributed by atoms with Gasteiger partial charge in [0.15, 0.2) is 0 Å². The maximum absolute atomic E-state index is 12.6. The summed E-state index contributed by atoms with van der Waals surface area (Å²) in [4.78, 5) is 17.1. The highest BCUT2D eigenvalue weighted by atomic mass is 16.2. The van der Waals surface area contributed by atoms with E-state index in [1.165, 1.54) is 22.7 Å². The number of benzene rings is 2. The van der Waals surface area contributed by atoms with Crippen LogP contribution in [0.1, 0.15) is 46.1 Å². The Labute approximate surface area is 165 Å². The molecule has 5 heteroatoms. The van der Waals surface area contributed by atoms with E-state index in [4.69, 9.17) is 5.84 Å². The Morgan fingerprint density at radius 3 is 2.64 bits per heavy atom. The summed E-state index contributed by atoms with van der Waals surface area (Å²) in [5.74, 6) is 5.75. The Kier molecular flexibility index (Phi) is 5.46. The van der Waals surface area contributed by atoms with Crippen molar-refractivity contribution < 1.29 is 4.79 Å². The Balaban J connectivity index is 1.40. The van der Waals surface area contributed by atoms with Gasteiger partial charge in [0.2, 0.25) is 0 Å². The van der Waals surface area contributed by atoms with Gasteiger partial charge < -0.3 is 5.32 Å². The van der Waals surface area contributed by atoms with Gasteiger partial charge in [-0.2, -0.15) is 0 Å². The number of hydrogen-bond acceptors (Lipinski definition) is 4. The molecule has 0 aliphatic heterocycles. The molecule has 3 aromatic rings. The van der Waals surface area contributed by atoms with Gasteiger partial charge >= 0.3 is 0 Å². The zero-order chi connectivity index (χ0) is 19.3. The highest BCUT2D eigenvalue weighted by molar-refractivity contribution is 6.05. The molecule has 4 rings (SSSR count). The summed E-state index contributed by atoms with van der Waals surface area (Å²) in [6, 6.07) is 21.3. The number of nitrogens with zero attached hydrogens (tertiary/aromatic N) is 2. The predicted molar refractivity (Wildman–Crippen MR) is 111 cm³/mol. The van der Waals surface area contributed by atoms with Crippen LogP contribution in [0, 0.1) is 0 Å². The van der Waals surface area contributed by atoms with Gasteiger partial charge in [0, 0.05) is 18.3 Å². The fourth-order valence-electron chi connectivity index (χ4n) is 3.66. The molecular formula is C23H24N4O. The van der Waals surface area contributed by atoms with Gasteiger partial charge in [0.05, 0.1) is 17.4 Å². The van der Waals surface area contributed by atoms with Crippen molar-refractivity contribution in [1.82, 2.24) is 10.3 Å². The third kappa shape index (κ3) is 3.96. The minimum absolute atomic E-state index is 0.226. The van der Waals surface area contributed by atoms with Crippen molar-refractivity contribution in [1.29, 1.82) is 0 Å². The SMILES string of the molecule is NN(C(=O)c1ccc(CNC2CCCc3cccnc32)cc1)c1ccccc1. The van der Waals surface area contributed by atoms with E-state index in [2.05, 4.69) is 16.4 Å². The molecule has 1 amide bonds. The summed E-state index contributed by atoms with van der Waals surface area (Å²) in [6.07, 6.45) is 5.25. The molecule has 1 heterocycles. The Morgan fingerprint density at radius 2 is 1.86 bits per heavy atom. The van der Waals surface area contributed by atoms with Gasteiger partial charge in [0.1, 0.15) is 0 Å². The number of carbonyl (C=O) groups excluding carboxylic acids is 1. The Morgan fingerprint density at radius 1 is 1.07 bits per heavy atom. The van der Waals surface area contributed by atoms with Gasteiger partial charge in [-0.25, -0.2) is 10.9 Å². The monoisotopic (exact) mass is 372 g/mol. The fourth-order valence-corrected chi connectivity index (χ4v) is 3.66. The average molecular weight is 372 g/mol. The summed E-state index contributed by atoms with van der Waals surface area (Å²) in [5, 5.41) is 4.79. The summed E-state index contributed by atoms with van der Waals surface area (Å²) in [5.41, 5.74) is 4.88. The van der Waals surface area contributed by atoms with E-state index < -0.39 is 0 Å². The third-order valence-corrected chi connectivity index (χ3v) is 5.20. The first kappa shape index (κ1) is 18.3. The summed E-state index contributed by atoms with van der Waals surface area (Å²) in [7, 11) is 0. The number of hydrazine groups is 1. The molecule has 5 nitrogen and oxygen atoms in total. The molecule has 1 aromatic heterocycles. The number of rotatable bonds is 5. The second-order valence-corrected chi connectivity index (χ2v) is 7.08. The van der Waals surface area contributed by atoms with Crippen molar-refractivity contribution >= 4 is 11.6 Å². The molecule has 2 aromatic carbocycles. The average Bonchev–Trinajstić information content (AvgIpc) is 2.77. The number of para-hydroxylation sites is 1. The highest BCUT2D eigenvalue weighted by Crippen LogP contribution is 2.27. The second-order valence-electron chi connectivity index (χ2n) is 7.08.